The molecule has 0 aromatic rings. The van der Waals surface area contributed by atoms with E-state index in [4.69, 9.17) is 19.3 Å². The number of carboxylic acids is 1. The van der Waals surface area contributed by atoms with Gasteiger partial charge < -0.3 is 39.7 Å². The van der Waals surface area contributed by atoms with Gasteiger partial charge in [-0.3, -0.25) is 9.59 Å². The highest BCUT2D eigenvalue weighted by Crippen LogP contribution is 2.25. The fraction of sp³-hybridized carbons (Fsp3) is 0.900. The molecule has 1 aliphatic rings. The highest BCUT2D eigenvalue weighted by molar-refractivity contribution is 5.73. The summed E-state index contributed by atoms with van der Waals surface area (Å²) < 4.78 is 16.3. The van der Waals surface area contributed by atoms with Gasteiger partial charge in [-0.15, -0.1) is 0 Å². The van der Waals surface area contributed by atoms with Gasteiger partial charge in [0.1, 0.15) is 31.0 Å². The van der Waals surface area contributed by atoms with Crippen molar-refractivity contribution < 1.29 is 49.3 Å². The van der Waals surface area contributed by atoms with Crippen LogP contribution in [0.2, 0.25) is 0 Å². The molecule has 1 saturated heterocycles. The minimum atomic E-state index is -1.79. The number of carbonyl (C=O) groups excluding carboxylic acids is 1. The van der Waals surface area contributed by atoms with Crippen LogP contribution in [0.25, 0.3) is 0 Å². The first kappa shape index (κ1) is 26.7. The maximum Gasteiger partial charge on any atom is 0.308 e. The first-order chi connectivity index (χ1) is 14.0. The molecule has 0 amide bonds. The molecule has 0 aromatic carbocycles. The molecule has 5 N–H and O–H groups in total. The Hall–Kier alpha value is -1.30. The Morgan fingerprint density at radius 1 is 1.07 bits per heavy atom. The molecule has 1 heterocycles. The van der Waals surface area contributed by atoms with Gasteiger partial charge in [0.15, 0.2) is 6.29 Å². The van der Waals surface area contributed by atoms with Gasteiger partial charge in [0.25, 0.3) is 0 Å². The lowest BCUT2D eigenvalue weighted by Crippen LogP contribution is -2.60. The van der Waals surface area contributed by atoms with Crippen molar-refractivity contribution in [2.45, 2.75) is 108 Å². The minimum Gasteiger partial charge on any atom is -0.481 e. The average Bonchev–Trinajstić information content (AvgIpc) is 2.64. The van der Waals surface area contributed by atoms with Crippen molar-refractivity contribution in [2.24, 2.45) is 0 Å². The summed E-state index contributed by atoms with van der Waals surface area (Å²) in [5.41, 5.74) is -1.79. The Morgan fingerprint density at radius 3 is 2.30 bits per heavy atom. The molecule has 1 aliphatic heterocycles. The molecule has 10 heteroatoms. The summed E-state index contributed by atoms with van der Waals surface area (Å²) in [6.07, 6.45) is -3.84. The molecule has 10 nitrogen and oxygen atoms in total. The molecule has 0 bridgehead atoms. The topological polar surface area (TPSA) is 163 Å². The molecule has 0 aromatic heterocycles. The Morgan fingerprint density at radius 2 is 1.73 bits per heavy atom. The number of unbranched alkanes of at least 4 members (excludes halogenated alkanes) is 2. The number of aliphatic hydroxyl groups excluding tert-OH is 3. The fourth-order valence-electron chi connectivity index (χ4n) is 3.27. The first-order valence-electron chi connectivity index (χ1n) is 10.5. The van der Waals surface area contributed by atoms with E-state index in [-0.39, 0.29) is 6.10 Å². The van der Waals surface area contributed by atoms with Gasteiger partial charge in [0.05, 0.1) is 24.5 Å². The van der Waals surface area contributed by atoms with Crippen LogP contribution in [0.3, 0.4) is 0 Å². The van der Waals surface area contributed by atoms with Crippen LogP contribution in [-0.4, -0.2) is 86.5 Å². The SMILES string of the molecule is CCCCCC(CC)OC1OC(COC(=O)CC(C)(O)CC(=O)O)C(O)C(O)C1O. The highest BCUT2D eigenvalue weighted by atomic mass is 16.7. The monoisotopic (exact) mass is 436 g/mol. The Kier molecular flexibility index (Phi) is 11.2. The van der Waals surface area contributed by atoms with Gasteiger partial charge >= 0.3 is 11.9 Å². The fourth-order valence-corrected chi connectivity index (χ4v) is 3.27. The predicted molar refractivity (Wildman–Crippen MR) is 104 cm³/mol. The average molecular weight is 436 g/mol. The van der Waals surface area contributed by atoms with Gasteiger partial charge in [0.2, 0.25) is 0 Å². The van der Waals surface area contributed by atoms with Crippen LogP contribution in [0, 0.1) is 0 Å². The third kappa shape index (κ3) is 8.83. The molecule has 1 rings (SSSR count). The van der Waals surface area contributed by atoms with Crippen molar-refractivity contribution in [3.8, 4) is 0 Å². The first-order valence-corrected chi connectivity index (χ1v) is 10.5. The lowest BCUT2D eigenvalue weighted by molar-refractivity contribution is -0.312. The summed E-state index contributed by atoms with van der Waals surface area (Å²) in [4.78, 5) is 22.6. The van der Waals surface area contributed by atoms with Gasteiger partial charge in [-0.2, -0.15) is 0 Å². The van der Waals surface area contributed by atoms with E-state index in [2.05, 4.69) is 6.92 Å². The Bertz CT molecular complexity index is 538. The van der Waals surface area contributed by atoms with Crippen LogP contribution < -0.4 is 0 Å². The standard InChI is InChI=1S/C20H36O10/c1-4-6-7-8-12(5-2)29-19-18(26)17(25)16(24)13(30-19)11-28-15(23)10-20(3,27)9-14(21)22/h12-13,16-19,24-27H,4-11H2,1-3H3,(H,21,22). The summed E-state index contributed by atoms with van der Waals surface area (Å²) in [5.74, 6) is -2.15. The number of ether oxygens (including phenoxy) is 3. The lowest BCUT2D eigenvalue weighted by atomic mass is 9.98. The summed E-state index contributed by atoms with van der Waals surface area (Å²) in [6.45, 7) is 4.75. The number of carboxylic acid groups (broad SMARTS) is 1. The Labute approximate surface area is 176 Å². The maximum absolute atomic E-state index is 11.9. The van der Waals surface area contributed by atoms with Crippen molar-refractivity contribution >= 4 is 11.9 Å². The molecular formula is C20H36O10. The smallest absolute Gasteiger partial charge is 0.308 e. The van der Waals surface area contributed by atoms with E-state index in [1.54, 1.807) is 0 Å². The largest absolute Gasteiger partial charge is 0.481 e. The van der Waals surface area contributed by atoms with Gasteiger partial charge in [-0.1, -0.05) is 33.1 Å². The highest BCUT2D eigenvalue weighted by Gasteiger charge is 2.45. The van der Waals surface area contributed by atoms with Gasteiger partial charge in [0, 0.05) is 0 Å². The molecule has 7 unspecified atom stereocenters. The number of hydrogen-bond acceptors (Lipinski definition) is 9. The predicted octanol–water partition coefficient (Wildman–Crippen LogP) is 0.329. The van der Waals surface area contributed by atoms with Crippen molar-refractivity contribution in [3.05, 3.63) is 0 Å². The third-order valence-electron chi connectivity index (χ3n) is 5.05. The van der Waals surface area contributed by atoms with E-state index >= 15 is 0 Å². The molecular weight excluding hydrogens is 400 g/mol. The number of rotatable bonds is 13. The molecule has 0 saturated carbocycles. The molecule has 0 aliphatic carbocycles. The third-order valence-corrected chi connectivity index (χ3v) is 5.05. The van der Waals surface area contributed by atoms with Crippen LogP contribution in [-0.2, 0) is 23.8 Å². The number of aliphatic hydroxyl groups is 4. The molecule has 7 atom stereocenters. The van der Waals surface area contributed by atoms with Gasteiger partial charge in [-0.25, -0.2) is 0 Å². The van der Waals surface area contributed by atoms with Crippen LogP contribution in [0.4, 0.5) is 0 Å². The van der Waals surface area contributed by atoms with Crippen LogP contribution in [0.1, 0.15) is 65.7 Å². The summed E-state index contributed by atoms with van der Waals surface area (Å²) in [5, 5.41) is 49.1. The minimum absolute atomic E-state index is 0.201. The van der Waals surface area contributed by atoms with Crippen molar-refractivity contribution in [1.82, 2.24) is 0 Å². The van der Waals surface area contributed by atoms with E-state index in [0.29, 0.717) is 6.42 Å². The number of hydrogen-bond donors (Lipinski definition) is 5. The van der Waals surface area contributed by atoms with Crippen molar-refractivity contribution in [3.63, 3.8) is 0 Å². The summed E-state index contributed by atoms with van der Waals surface area (Å²) in [7, 11) is 0. The van der Waals surface area contributed by atoms with Gasteiger partial charge in [-0.05, 0) is 19.8 Å². The van der Waals surface area contributed by atoms with E-state index in [0.717, 1.165) is 25.7 Å². The molecule has 0 radical (unpaired) electrons. The maximum atomic E-state index is 11.9. The second-order valence-electron chi connectivity index (χ2n) is 8.10. The normalized spacial score (nSPS) is 29.8. The zero-order chi connectivity index (χ0) is 22.9. The van der Waals surface area contributed by atoms with Crippen LogP contribution >= 0.6 is 0 Å². The lowest BCUT2D eigenvalue weighted by Gasteiger charge is -2.41. The zero-order valence-corrected chi connectivity index (χ0v) is 17.9. The zero-order valence-electron chi connectivity index (χ0n) is 17.9. The number of aliphatic carboxylic acids is 1. The van der Waals surface area contributed by atoms with E-state index in [9.17, 15) is 30.0 Å². The second-order valence-corrected chi connectivity index (χ2v) is 8.10. The molecule has 1 fully saturated rings. The van der Waals surface area contributed by atoms with E-state index in [1.807, 2.05) is 6.92 Å². The van der Waals surface area contributed by atoms with Crippen molar-refractivity contribution in [1.29, 1.82) is 0 Å². The Balaban J connectivity index is 2.64. The van der Waals surface area contributed by atoms with E-state index < -0.39 is 67.7 Å². The number of carbonyl (C=O) groups is 2. The quantitative estimate of drug-likeness (QED) is 0.201. The molecule has 30 heavy (non-hydrogen) atoms. The molecule has 176 valence electrons. The molecule has 0 spiro atoms. The second kappa shape index (κ2) is 12.5. The number of esters is 1. The van der Waals surface area contributed by atoms with Crippen molar-refractivity contribution in [2.75, 3.05) is 6.61 Å². The van der Waals surface area contributed by atoms with Crippen LogP contribution in [0.5, 0.6) is 0 Å². The van der Waals surface area contributed by atoms with E-state index in [1.165, 1.54) is 6.92 Å². The summed E-state index contributed by atoms with van der Waals surface area (Å²) >= 11 is 0. The van der Waals surface area contributed by atoms with Crippen LogP contribution in [0.15, 0.2) is 0 Å². The summed E-state index contributed by atoms with van der Waals surface area (Å²) in [6, 6.07) is 0.